The van der Waals surface area contributed by atoms with E-state index in [2.05, 4.69) is 0 Å². The number of rotatable bonds is 7. The van der Waals surface area contributed by atoms with Gasteiger partial charge in [0.25, 0.3) is 0 Å². The van der Waals surface area contributed by atoms with Gasteiger partial charge in [-0.2, -0.15) is 39.5 Å². The van der Waals surface area contributed by atoms with Crippen LogP contribution in [0, 0.1) is 0 Å². The van der Waals surface area contributed by atoms with Crippen molar-refractivity contribution in [2.45, 2.75) is 36.3 Å². The Morgan fingerprint density at radius 2 is 1.03 bits per heavy atom. The van der Waals surface area contributed by atoms with Gasteiger partial charge in [0.1, 0.15) is 0 Å². The SMILES string of the molecule is FC(F)(F)C(F)(F)C(F)(F)C(F)(F)/C=C/CC(c1ccccc1)c1ccccc1. The average Bonchev–Trinajstić information content (AvgIpc) is 2.65. The summed E-state index contributed by atoms with van der Waals surface area (Å²) in [7, 11) is 0. The van der Waals surface area contributed by atoms with Crippen LogP contribution in [0.3, 0.4) is 0 Å². The van der Waals surface area contributed by atoms with E-state index in [-0.39, 0.29) is 6.42 Å². The third-order valence-corrected chi connectivity index (χ3v) is 4.27. The zero-order chi connectivity index (χ0) is 21.9. The number of hydrogen-bond acceptors (Lipinski definition) is 0. The van der Waals surface area contributed by atoms with Gasteiger partial charge in [-0.3, -0.25) is 0 Å². The van der Waals surface area contributed by atoms with Crippen molar-refractivity contribution in [3.63, 3.8) is 0 Å². The molecule has 0 nitrogen and oxygen atoms in total. The molecule has 2 rings (SSSR count). The van der Waals surface area contributed by atoms with Gasteiger partial charge in [-0.25, -0.2) is 0 Å². The number of allylic oxidation sites excluding steroid dienone is 2. The van der Waals surface area contributed by atoms with E-state index in [0.717, 1.165) is 0 Å². The van der Waals surface area contributed by atoms with Crippen molar-refractivity contribution < 1.29 is 39.5 Å². The molecule has 0 aliphatic carbocycles. The second-order valence-corrected chi connectivity index (χ2v) is 6.28. The van der Waals surface area contributed by atoms with Gasteiger partial charge in [0.2, 0.25) is 0 Å². The first-order valence-corrected chi connectivity index (χ1v) is 8.29. The molecule has 0 saturated heterocycles. The highest BCUT2D eigenvalue weighted by atomic mass is 19.4. The lowest BCUT2D eigenvalue weighted by molar-refractivity contribution is -0.388. The lowest BCUT2D eigenvalue weighted by atomic mass is 9.88. The molecule has 0 fully saturated rings. The summed E-state index contributed by atoms with van der Waals surface area (Å²) in [4.78, 5) is 0. The molecule has 0 radical (unpaired) electrons. The van der Waals surface area contributed by atoms with Crippen molar-refractivity contribution in [3.8, 4) is 0 Å². The predicted molar refractivity (Wildman–Crippen MR) is 89.4 cm³/mol. The molecule has 0 aromatic heterocycles. The largest absolute Gasteiger partial charge is 0.460 e. The lowest BCUT2D eigenvalue weighted by Crippen LogP contribution is -2.60. The molecule has 0 aliphatic rings. The average molecular weight is 426 g/mol. The second kappa shape index (κ2) is 8.12. The minimum atomic E-state index is -6.90. The molecule has 9 heteroatoms. The van der Waals surface area contributed by atoms with Gasteiger partial charge < -0.3 is 0 Å². The summed E-state index contributed by atoms with van der Waals surface area (Å²) in [6.45, 7) is 0. The minimum Gasteiger partial charge on any atom is -0.195 e. The van der Waals surface area contributed by atoms with Crippen LogP contribution in [-0.4, -0.2) is 23.9 Å². The van der Waals surface area contributed by atoms with Crippen LogP contribution in [0.1, 0.15) is 23.5 Å². The van der Waals surface area contributed by atoms with Gasteiger partial charge in [0.15, 0.2) is 0 Å². The van der Waals surface area contributed by atoms with Crippen LogP contribution < -0.4 is 0 Å². The van der Waals surface area contributed by atoms with Gasteiger partial charge in [-0.1, -0.05) is 66.7 Å². The van der Waals surface area contributed by atoms with Crippen LogP contribution in [0.2, 0.25) is 0 Å². The zero-order valence-electron chi connectivity index (χ0n) is 14.6. The molecular formula is C20H15F9. The summed E-state index contributed by atoms with van der Waals surface area (Å²) in [5.41, 5.74) is 1.25. The molecule has 0 aliphatic heterocycles. The summed E-state index contributed by atoms with van der Waals surface area (Å²) in [5.74, 6) is -19.9. The molecule has 2 aromatic rings. The van der Waals surface area contributed by atoms with E-state index >= 15 is 0 Å². The van der Waals surface area contributed by atoms with Crippen LogP contribution in [0.25, 0.3) is 0 Å². The van der Waals surface area contributed by atoms with E-state index in [1.165, 1.54) is 0 Å². The first kappa shape index (κ1) is 22.8. The second-order valence-electron chi connectivity index (χ2n) is 6.28. The molecule has 0 N–H and O–H groups in total. The molecule has 0 heterocycles. The highest BCUT2D eigenvalue weighted by molar-refractivity contribution is 5.33. The van der Waals surface area contributed by atoms with E-state index in [1.54, 1.807) is 60.7 Å². The fourth-order valence-electron chi connectivity index (χ4n) is 2.68. The van der Waals surface area contributed by atoms with Crippen LogP contribution in [0.4, 0.5) is 39.5 Å². The zero-order valence-corrected chi connectivity index (χ0v) is 14.6. The molecule has 2 aromatic carbocycles. The Hall–Kier alpha value is -2.45. The highest BCUT2D eigenvalue weighted by Crippen LogP contribution is 2.53. The minimum absolute atomic E-state index is 0.322. The molecule has 0 saturated carbocycles. The van der Waals surface area contributed by atoms with Crippen molar-refractivity contribution in [2.24, 2.45) is 0 Å². The number of alkyl halides is 9. The molecule has 29 heavy (non-hydrogen) atoms. The normalized spacial score (nSPS) is 14.0. The van der Waals surface area contributed by atoms with Crippen LogP contribution in [0.15, 0.2) is 72.8 Å². The quantitative estimate of drug-likeness (QED) is 0.324. The van der Waals surface area contributed by atoms with Gasteiger partial charge in [0.05, 0.1) is 0 Å². The Bertz CT molecular complexity index is 769. The van der Waals surface area contributed by atoms with Gasteiger partial charge in [0, 0.05) is 5.92 Å². The maximum atomic E-state index is 13.7. The summed E-state index contributed by atoms with van der Waals surface area (Å²) in [6.07, 6.45) is -7.25. The van der Waals surface area contributed by atoms with Crippen molar-refractivity contribution in [1.29, 1.82) is 0 Å². The number of benzene rings is 2. The smallest absolute Gasteiger partial charge is 0.195 e. The maximum Gasteiger partial charge on any atom is 0.460 e. The van der Waals surface area contributed by atoms with Crippen molar-refractivity contribution in [2.75, 3.05) is 0 Å². The van der Waals surface area contributed by atoms with Gasteiger partial charge in [-0.15, -0.1) is 0 Å². The molecule has 158 valence electrons. The summed E-state index contributed by atoms with van der Waals surface area (Å²) >= 11 is 0. The number of halogens is 9. The van der Waals surface area contributed by atoms with E-state index in [0.29, 0.717) is 17.2 Å². The molecule has 0 bridgehead atoms. The topological polar surface area (TPSA) is 0 Å². The molecule has 0 atom stereocenters. The summed E-state index contributed by atoms with van der Waals surface area (Å²) < 4.78 is 116. The monoisotopic (exact) mass is 426 g/mol. The summed E-state index contributed by atoms with van der Waals surface area (Å²) in [6, 6.07) is 16.6. The van der Waals surface area contributed by atoms with Crippen LogP contribution in [-0.2, 0) is 0 Å². The van der Waals surface area contributed by atoms with E-state index in [9.17, 15) is 39.5 Å². The third-order valence-electron chi connectivity index (χ3n) is 4.27. The van der Waals surface area contributed by atoms with Gasteiger partial charge in [-0.05, 0) is 23.6 Å². The van der Waals surface area contributed by atoms with Crippen LogP contribution >= 0.6 is 0 Å². The Morgan fingerprint density at radius 3 is 1.41 bits per heavy atom. The Labute approximate surface area is 160 Å². The third kappa shape index (κ3) is 4.59. The Balaban J connectivity index is 2.30. The summed E-state index contributed by atoms with van der Waals surface area (Å²) in [5, 5.41) is 0. The highest BCUT2D eigenvalue weighted by Gasteiger charge is 2.81. The van der Waals surface area contributed by atoms with Crippen LogP contribution in [0.5, 0.6) is 0 Å². The van der Waals surface area contributed by atoms with E-state index in [1.807, 2.05) is 0 Å². The fraction of sp³-hybridized carbons (Fsp3) is 0.300. The Kier molecular flexibility index (Phi) is 6.39. The standard InChI is InChI=1S/C20H15F9/c21-17(22,18(23,24)19(25,26)20(27,28)29)13-7-12-16(14-8-3-1-4-9-14)15-10-5-2-6-11-15/h1-11,13,16H,12H2/b13-7+. The van der Waals surface area contributed by atoms with Crippen molar-refractivity contribution in [3.05, 3.63) is 83.9 Å². The number of hydrogen-bond donors (Lipinski definition) is 0. The first-order valence-electron chi connectivity index (χ1n) is 8.29. The maximum absolute atomic E-state index is 13.7. The van der Waals surface area contributed by atoms with E-state index in [4.69, 9.17) is 0 Å². The lowest BCUT2D eigenvalue weighted by Gasteiger charge is -2.32. The van der Waals surface area contributed by atoms with E-state index < -0.39 is 35.9 Å². The molecule has 0 unspecified atom stereocenters. The Morgan fingerprint density at radius 1 is 0.621 bits per heavy atom. The van der Waals surface area contributed by atoms with Crippen molar-refractivity contribution in [1.82, 2.24) is 0 Å². The molecule has 0 amide bonds. The first-order chi connectivity index (χ1) is 13.3. The molecular weight excluding hydrogens is 411 g/mol. The predicted octanol–water partition coefficient (Wildman–Crippen LogP) is 7.23. The van der Waals surface area contributed by atoms with Crippen molar-refractivity contribution >= 4 is 0 Å². The fourth-order valence-corrected chi connectivity index (χ4v) is 2.68. The van der Waals surface area contributed by atoms with Gasteiger partial charge >= 0.3 is 23.9 Å². The molecule has 0 spiro atoms.